The second-order valence-electron chi connectivity index (χ2n) is 5.78. The van der Waals surface area contributed by atoms with Crippen LogP contribution in [0.2, 0.25) is 0 Å². The molecule has 0 aliphatic rings. The van der Waals surface area contributed by atoms with E-state index in [0.717, 1.165) is 18.1 Å². The molecule has 0 radical (unpaired) electrons. The van der Waals surface area contributed by atoms with Gasteiger partial charge in [-0.25, -0.2) is 4.98 Å². The van der Waals surface area contributed by atoms with Gasteiger partial charge in [-0.1, -0.05) is 19.0 Å². The first kappa shape index (κ1) is 15.2. The van der Waals surface area contributed by atoms with Gasteiger partial charge in [-0.2, -0.15) is 4.98 Å². The highest BCUT2D eigenvalue weighted by Gasteiger charge is 2.12. The monoisotopic (exact) mass is 313 g/mol. The summed E-state index contributed by atoms with van der Waals surface area (Å²) in [5.41, 5.74) is 1.33. The molecule has 0 bridgehead atoms. The lowest BCUT2D eigenvalue weighted by Crippen LogP contribution is -2.09. The summed E-state index contributed by atoms with van der Waals surface area (Å²) in [6, 6.07) is 3.35. The molecule has 0 atom stereocenters. The van der Waals surface area contributed by atoms with Crippen molar-refractivity contribution >= 4 is 0 Å². The van der Waals surface area contributed by atoms with Crippen LogP contribution in [0.5, 0.6) is 0 Å². The fraction of sp³-hybridized carbons (Fsp3) is 0.375. The number of pyridine rings is 1. The molecule has 0 amide bonds. The fourth-order valence-electron chi connectivity index (χ4n) is 2.33. The van der Waals surface area contributed by atoms with Crippen molar-refractivity contribution in [2.24, 2.45) is 0 Å². The Kier molecular flexibility index (Phi) is 4.10. The van der Waals surface area contributed by atoms with E-state index >= 15 is 0 Å². The minimum absolute atomic E-state index is 0.167. The summed E-state index contributed by atoms with van der Waals surface area (Å²) in [4.78, 5) is 23.1. The van der Waals surface area contributed by atoms with Gasteiger partial charge < -0.3 is 14.1 Å². The van der Waals surface area contributed by atoms with E-state index < -0.39 is 0 Å². The van der Waals surface area contributed by atoms with Gasteiger partial charge in [0.2, 0.25) is 5.56 Å². The molecule has 3 aromatic heterocycles. The Bertz CT molecular complexity index is 859. The van der Waals surface area contributed by atoms with Crippen molar-refractivity contribution < 1.29 is 4.52 Å². The Morgan fingerprint density at radius 1 is 1.35 bits per heavy atom. The van der Waals surface area contributed by atoms with E-state index in [2.05, 4.69) is 20.1 Å². The number of nitrogens with one attached hydrogen (secondary N) is 1. The van der Waals surface area contributed by atoms with Crippen molar-refractivity contribution in [1.29, 1.82) is 0 Å². The lowest BCUT2D eigenvalue weighted by Gasteiger charge is -2.05. The van der Waals surface area contributed by atoms with Crippen LogP contribution in [0.1, 0.15) is 37.1 Å². The number of hydrogen-bond donors (Lipinski definition) is 1. The van der Waals surface area contributed by atoms with Gasteiger partial charge in [0.05, 0.1) is 0 Å². The summed E-state index contributed by atoms with van der Waals surface area (Å²) in [5, 5.41) is 3.99. The summed E-state index contributed by atoms with van der Waals surface area (Å²) in [5.74, 6) is 2.15. The van der Waals surface area contributed by atoms with Gasteiger partial charge in [-0.15, -0.1) is 0 Å². The third kappa shape index (κ3) is 3.39. The van der Waals surface area contributed by atoms with Crippen LogP contribution in [0.4, 0.5) is 0 Å². The molecular formula is C16H19N5O2. The van der Waals surface area contributed by atoms with Crippen molar-refractivity contribution in [1.82, 2.24) is 24.7 Å². The third-order valence-corrected chi connectivity index (χ3v) is 3.70. The van der Waals surface area contributed by atoms with Crippen molar-refractivity contribution in [2.45, 2.75) is 39.7 Å². The van der Waals surface area contributed by atoms with E-state index in [1.165, 1.54) is 6.07 Å². The standard InChI is InChI=1S/C16H19N5O2/c1-10(2)13-8-12(9-15(22)18-13)16-19-14(20-23-16)4-6-21-7-5-17-11(21)3/h5,7-10H,4,6H2,1-3H3,(H,18,22). The molecule has 0 aromatic carbocycles. The maximum atomic E-state index is 11.8. The highest BCUT2D eigenvalue weighted by Crippen LogP contribution is 2.19. The maximum Gasteiger partial charge on any atom is 0.258 e. The van der Waals surface area contributed by atoms with Crippen molar-refractivity contribution in [2.75, 3.05) is 0 Å². The van der Waals surface area contributed by atoms with Gasteiger partial charge in [0.15, 0.2) is 5.82 Å². The SMILES string of the molecule is Cc1nccn1CCc1noc(-c2cc(C(C)C)[nH]c(=O)c2)n1. The largest absolute Gasteiger partial charge is 0.335 e. The van der Waals surface area contributed by atoms with Crippen molar-refractivity contribution in [3.63, 3.8) is 0 Å². The topological polar surface area (TPSA) is 89.6 Å². The quantitative estimate of drug-likeness (QED) is 0.780. The van der Waals surface area contributed by atoms with Crippen molar-refractivity contribution in [3.8, 4) is 11.5 Å². The molecule has 23 heavy (non-hydrogen) atoms. The van der Waals surface area contributed by atoms with E-state index in [1.807, 2.05) is 37.6 Å². The first-order chi connectivity index (χ1) is 11.0. The predicted octanol–water partition coefficient (Wildman–Crippen LogP) is 2.30. The van der Waals surface area contributed by atoms with Gasteiger partial charge in [0.1, 0.15) is 5.82 Å². The summed E-state index contributed by atoms with van der Waals surface area (Å²) < 4.78 is 7.33. The van der Waals surface area contributed by atoms with Crippen LogP contribution in [-0.2, 0) is 13.0 Å². The average Bonchev–Trinajstić information content (AvgIpc) is 3.13. The van der Waals surface area contributed by atoms with E-state index in [9.17, 15) is 4.79 Å². The van der Waals surface area contributed by atoms with Crippen molar-refractivity contribution in [3.05, 3.63) is 52.2 Å². The number of aromatic amines is 1. The Morgan fingerprint density at radius 2 is 2.17 bits per heavy atom. The zero-order valence-corrected chi connectivity index (χ0v) is 13.4. The molecule has 0 aliphatic carbocycles. The molecule has 120 valence electrons. The summed E-state index contributed by atoms with van der Waals surface area (Å²) in [7, 11) is 0. The molecule has 3 rings (SSSR count). The number of rotatable bonds is 5. The minimum Gasteiger partial charge on any atom is -0.335 e. The zero-order chi connectivity index (χ0) is 16.4. The lowest BCUT2D eigenvalue weighted by atomic mass is 10.1. The van der Waals surface area contributed by atoms with Crippen LogP contribution >= 0.6 is 0 Å². The number of nitrogens with zero attached hydrogens (tertiary/aromatic N) is 4. The number of aryl methyl sites for hydroxylation is 3. The van der Waals surface area contributed by atoms with Gasteiger partial charge in [-0.3, -0.25) is 4.79 Å². The van der Waals surface area contributed by atoms with Crippen LogP contribution in [-0.4, -0.2) is 24.7 Å². The summed E-state index contributed by atoms with van der Waals surface area (Å²) in [6.07, 6.45) is 4.32. The average molecular weight is 313 g/mol. The number of aromatic nitrogens is 5. The Balaban J connectivity index is 1.79. The van der Waals surface area contributed by atoms with Gasteiger partial charge in [-0.05, 0) is 18.9 Å². The first-order valence-electron chi connectivity index (χ1n) is 7.58. The second kappa shape index (κ2) is 6.20. The maximum absolute atomic E-state index is 11.8. The molecular weight excluding hydrogens is 294 g/mol. The van der Waals surface area contributed by atoms with Crippen LogP contribution in [0.25, 0.3) is 11.5 Å². The normalized spacial score (nSPS) is 11.3. The van der Waals surface area contributed by atoms with Gasteiger partial charge >= 0.3 is 0 Å². The first-order valence-corrected chi connectivity index (χ1v) is 7.58. The van der Waals surface area contributed by atoms with E-state index in [0.29, 0.717) is 23.7 Å². The molecule has 7 nitrogen and oxygen atoms in total. The minimum atomic E-state index is -0.167. The molecule has 0 aliphatic heterocycles. The Morgan fingerprint density at radius 3 is 2.87 bits per heavy atom. The van der Waals surface area contributed by atoms with E-state index in [4.69, 9.17) is 4.52 Å². The molecule has 1 N–H and O–H groups in total. The molecule has 0 saturated carbocycles. The molecule has 0 saturated heterocycles. The zero-order valence-electron chi connectivity index (χ0n) is 13.4. The van der Waals surface area contributed by atoms with Crippen LogP contribution in [0, 0.1) is 6.92 Å². The molecule has 0 unspecified atom stereocenters. The van der Waals surface area contributed by atoms with Crippen LogP contribution < -0.4 is 5.56 Å². The van der Waals surface area contributed by atoms with E-state index in [-0.39, 0.29) is 11.5 Å². The molecule has 3 heterocycles. The Hall–Kier alpha value is -2.70. The van der Waals surface area contributed by atoms with E-state index in [1.54, 1.807) is 6.20 Å². The fourth-order valence-corrected chi connectivity index (χ4v) is 2.33. The van der Waals surface area contributed by atoms with Gasteiger partial charge in [0, 0.05) is 42.7 Å². The smallest absolute Gasteiger partial charge is 0.258 e. The Labute approximate surface area is 133 Å². The third-order valence-electron chi connectivity index (χ3n) is 3.70. The highest BCUT2D eigenvalue weighted by atomic mass is 16.5. The predicted molar refractivity (Wildman–Crippen MR) is 85.1 cm³/mol. The molecule has 0 fully saturated rings. The number of hydrogen-bond acceptors (Lipinski definition) is 5. The lowest BCUT2D eigenvalue weighted by molar-refractivity contribution is 0.420. The number of H-pyrrole nitrogens is 1. The van der Waals surface area contributed by atoms with Gasteiger partial charge in [0.25, 0.3) is 5.89 Å². The van der Waals surface area contributed by atoms with Crippen LogP contribution in [0.3, 0.4) is 0 Å². The number of imidazole rings is 1. The summed E-state index contributed by atoms with van der Waals surface area (Å²) in [6.45, 7) is 6.71. The second-order valence-corrected chi connectivity index (χ2v) is 5.78. The summed E-state index contributed by atoms with van der Waals surface area (Å²) >= 11 is 0. The molecule has 7 heteroatoms. The molecule has 0 spiro atoms. The highest BCUT2D eigenvalue weighted by molar-refractivity contribution is 5.52. The van der Waals surface area contributed by atoms with Crippen LogP contribution in [0.15, 0.2) is 33.8 Å². The molecule has 3 aromatic rings.